The summed E-state index contributed by atoms with van der Waals surface area (Å²) in [4.78, 5) is 23.9. The van der Waals surface area contributed by atoms with Crippen LogP contribution >= 0.6 is 11.3 Å². The summed E-state index contributed by atoms with van der Waals surface area (Å²) in [5.74, 6) is 0.421. The summed E-state index contributed by atoms with van der Waals surface area (Å²) in [7, 11) is 4.01. The van der Waals surface area contributed by atoms with E-state index < -0.39 is 0 Å². The summed E-state index contributed by atoms with van der Waals surface area (Å²) < 4.78 is 1.52. The van der Waals surface area contributed by atoms with Crippen molar-refractivity contribution in [1.82, 2.24) is 30.0 Å². The number of thiophene rings is 1. The van der Waals surface area contributed by atoms with E-state index >= 15 is 0 Å². The fourth-order valence-corrected chi connectivity index (χ4v) is 3.24. The average molecular weight is 342 g/mol. The molecule has 0 bridgehead atoms. The van der Waals surface area contributed by atoms with Gasteiger partial charge in [-0.1, -0.05) is 6.07 Å². The molecule has 0 saturated heterocycles. The van der Waals surface area contributed by atoms with Gasteiger partial charge in [0.25, 0.3) is 5.91 Å². The molecule has 1 unspecified atom stereocenters. The molecule has 0 aromatic carbocycles. The second-order valence-electron chi connectivity index (χ2n) is 5.45. The number of carbonyl (C=O) groups excluding carboxylic acids is 1. The van der Waals surface area contributed by atoms with Crippen molar-refractivity contribution >= 4 is 17.2 Å². The van der Waals surface area contributed by atoms with Crippen LogP contribution in [0.25, 0.3) is 5.82 Å². The molecule has 0 spiro atoms. The number of pyridine rings is 1. The Hall–Kier alpha value is -2.58. The van der Waals surface area contributed by atoms with Crippen LogP contribution in [0.4, 0.5) is 0 Å². The normalized spacial score (nSPS) is 12.3. The van der Waals surface area contributed by atoms with Gasteiger partial charge in [-0.05, 0) is 37.7 Å². The minimum Gasteiger partial charge on any atom is -0.350 e. The summed E-state index contributed by atoms with van der Waals surface area (Å²) in [5.41, 5.74) is 0.541. The van der Waals surface area contributed by atoms with Gasteiger partial charge in [-0.25, -0.2) is 14.6 Å². The third-order valence-electron chi connectivity index (χ3n) is 3.61. The molecule has 0 saturated carbocycles. The highest BCUT2D eigenvalue weighted by Crippen LogP contribution is 2.22. The molecule has 1 amide bonds. The van der Waals surface area contributed by atoms with Gasteiger partial charge in [0.2, 0.25) is 0 Å². The number of likely N-dealkylation sites (N-methyl/N-ethyl adjacent to an activating group) is 1. The molecule has 3 aromatic rings. The lowest BCUT2D eigenvalue weighted by Crippen LogP contribution is -2.34. The maximum atomic E-state index is 12.5. The first-order chi connectivity index (χ1) is 11.6. The monoisotopic (exact) mass is 342 g/mol. The van der Waals surface area contributed by atoms with Crippen molar-refractivity contribution in [2.45, 2.75) is 6.04 Å². The molecule has 124 valence electrons. The fraction of sp³-hybridized carbons (Fsp3) is 0.250. The van der Waals surface area contributed by atoms with Crippen LogP contribution in [0.3, 0.4) is 0 Å². The lowest BCUT2D eigenvalue weighted by atomic mass is 10.2. The molecular formula is C16H18N6OS. The second kappa shape index (κ2) is 7.33. The Morgan fingerprint density at radius 3 is 2.96 bits per heavy atom. The maximum Gasteiger partial charge on any atom is 0.251 e. The van der Waals surface area contributed by atoms with E-state index in [0.717, 1.165) is 0 Å². The van der Waals surface area contributed by atoms with Crippen molar-refractivity contribution in [3.63, 3.8) is 0 Å². The number of aromatic nitrogens is 4. The molecule has 0 aliphatic heterocycles. The number of amides is 1. The Bertz CT molecular complexity index is 785. The first kappa shape index (κ1) is 16.3. The Morgan fingerprint density at radius 1 is 1.42 bits per heavy atom. The van der Waals surface area contributed by atoms with Crippen LogP contribution in [0, 0.1) is 0 Å². The molecule has 3 aromatic heterocycles. The lowest BCUT2D eigenvalue weighted by molar-refractivity contribution is 0.0942. The van der Waals surface area contributed by atoms with Crippen molar-refractivity contribution in [3.05, 3.63) is 58.9 Å². The fourth-order valence-electron chi connectivity index (χ4n) is 2.32. The molecule has 0 aliphatic carbocycles. The van der Waals surface area contributed by atoms with Gasteiger partial charge in [-0.2, -0.15) is 5.10 Å². The molecule has 0 aliphatic rings. The third kappa shape index (κ3) is 3.66. The Labute approximate surface area is 144 Å². The molecule has 0 radical (unpaired) electrons. The zero-order valence-corrected chi connectivity index (χ0v) is 14.3. The Morgan fingerprint density at radius 2 is 2.29 bits per heavy atom. The average Bonchev–Trinajstić information content (AvgIpc) is 3.28. The van der Waals surface area contributed by atoms with E-state index in [2.05, 4.69) is 31.3 Å². The van der Waals surface area contributed by atoms with E-state index in [1.165, 1.54) is 15.9 Å². The first-order valence-corrected chi connectivity index (χ1v) is 8.32. The lowest BCUT2D eigenvalue weighted by Gasteiger charge is -2.23. The number of rotatable bonds is 6. The molecule has 0 fully saturated rings. The highest BCUT2D eigenvalue weighted by Gasteiger charge is 2.17. The summed E-state index contributed by atoms with van der Waals surface area (Å²) in [5, 5.41) is 9.06. The van der Waals surface area contributed by atoms with E-state index in [9.17, 15) is 4.79 Å². The zero-order valence-electron chi connectivity index (χ0n) is 13.5. The molecule has 1 N–H and O–H groups in total. The van der Waals surface area contributed by atoms with Gasteiger partial charge in [0.15, 0.2) is 5.82 Å². The SMILES string of the molecule is CN(C)C(CNC(=O)c1ccnc(-n2cncn2)c1)c1cccs1. The third-order valence-corrected chi connectivity index (χ3v) is 4.59. The molecule has 1 atom stereocenters. The molecule has 7 nitrogen and oxygen atoms in total. The summed E-state index contributed by atoms with van der Waals surface area (Å²) in [6.07, 6.45) is 4.56. The highest BCUT2D eigenvalue weighted by atomic mass is 32.1. The van der Waals surface area contributed by atoms with Gasteiger partial charge in [-0.15, -0.1) is 11.3 Å². The molecule has 3 rings (SSSR count). The van der Waals surface area contributed by atoms with Crippen LogP contribution in [0.1, 0.15) is 21.3 Å². The number of hydrogen-bond donors (Lipinski definition) is 1. The first-order valence-electron chi connectivity index (χ1n) is 7.44. The van der Waals surface area contributed by atoms with Crippen LogP contribution in [-0.4, -0.2) is 51.2 Å². The van der Waals surface area contributed by atoms with E-state index in [-0.39, 0.29) is 11.9 Å². The summed E-state index contributed by atoms with van der Waals surface area (Å²) >= 11 is 1.69. The van der Waals surface area contributed by atoms with Crippen molar-refractivity contribution in [2.24, 2.45) is 0 Å². The number of hydrogen-bond acceptors (Lipinski definition) is 6. The summed E-state index contributed by atoms with van der Waals surface area (Å²) in [6.45, 7) is 0.535. The van der Waals surface area contributed by atoms with Crippen LogP contribution in [0.15, 0.2) is 48.5 Å². The van der Waals surface area contributed by atoms with E-state index in [1.807, 2.05) is 25.5 Å². The predicted octanol–water partition coefficient (Wildman–Crippen LogP) is 1.76. The van der Waals surface area contributed by atoms with Gasteiger partial charge in [0, 0.05) is 23.2 Å². The smallest absolute Gasteiger partial charge is 0.251 e. The van der Waals surface area contributed by atoms with Crippen LogP contribution in [0.2, 0.25) is 0 Å². The van der Waals surface area contributed by atoms with Gasteiger partial charge in [0.05, 0.1) is 6.04 Å². The largest absolute Gasteiger partial charge is 0.350 e. The van der Waals surface area contributed by atoms with E-state index in [1.54, 1.807) is 36.0 Å². The van der Waals surface area contributed by atoms with Crippen molar-refractivity contribution in [1.29, 1.82) is 0 Å². The number of nitrogens with one attached hydrogen (secondary N) is 1. The number of carbonyl (C=O) groups is 1. The topological polar surface area (TPSA) is 75.9 Å². The van der Waals surface area contributed by atoms with Gasteiger partial charge < -0.3 is 10.2 Å². The standard InChI is InChI=1S/C16H18N6OS/c1-21(2)13(14-4-3-7-24-14)9-19-16(23)12-5-6-18-15(8-12)22-11-17-10-20-22/h3-8,10-11,13H,9H2,1-2H3,(H,19,23). The van der Waals surface area contributed by atoms with E-state index in [4.69, 9.17) is 0 Å². The zero-order chi connectivity index (χ0) is 16.9. The minimum absolute atomic E-state index is 0.137. The van der Waals surface area contributed by atoms with Gasteiger partial charge in [-0.3, -0.25) is 4.79 Å². The van der Waals surface area contributed by atoms with Crippen LogP contribution in [0.5, 0.6) is 0 Å². The molecule has 3 heterocycles. The predicted molar refractivity (Wildman–Crippen MR) is 92.2 cm³/mol. The van der Waals surface area contributed by atoms with Gasteiger partial charge >= 0.3 is 0 Å². The van der Waals surface area contributed by atoms with E-state index in [0.29, 0.717) is 17.9 Å². The van der Waals surface area contributed by atoms with Crippen LogP contribution in [-0.2, 0) is 0 Å². The highest BCUT2D eigenvalue weighted by molar-refractivity contribution is 7.10. The van der Waals surface area contributed by atoms with Crippen molar-refractivity contribution in [3.8, 4) is 5.82 Å². The van der Waals surface area contributed by atoms with Crippen molar-refractivity contribution in [2.75, 3.05) is 20.6 Å². The molecule has 24 heavy (non-hydrogen) atoms. The second-order valence-corrected chi connectivity index (χ2v) is 6.43. The molecule has 8 heteroatoms. The maximum absolute atomic E-state index is 12.5. The van der Waals surface area contributed by atoms with Crippen molar-refractivity contribution < 1.29 is 4.79 Å². The molecular weight excluding hydrogens is 324 g/mol. The summed E-state index contributed by atoms with van der Waals surface area (Å²) in [6, 6.07) is 7.62. The van der Waals surface area contributed by atoms with Gasteiger partial charge in [0.1, 0.15) is 12.7 Å². The number of nitrogens with zero attached hydrogens (tertiary/aromatic N) is 5. The Kier molecular flexibility index (Phi) is 4.97. The minimum atomic E-state index is -0.137. The Balaban J connectivity index is 1.70. The van der Waals surface area contributed by atoms with Crippen LogP contribution < -0.4 is 5.32 Å². The quantitative estimate of drug-likeness (QED) is 0.739.